The average molecular weight is 458 g/mol. The Labute approximate surface area is 193 Å². The van der Waals surface area contributed by atoms with Gasteiger partial charge in [-0.3, -0.25) is 14.5 Å². The molecule has 0 aliphatic carbocycles. The highest BCUT2D eigenvalue weighted by atomic mass is 35.5. The van der Waals surface area contributed by atoms with E-state index in [0.29, 0.717) is 22.7 Å². The van der Waals surface area contributed by atoms with Gasteiger partial charge >= 0.3 is 0 Å². The summed E-state index contributed by atoms with van der Waals surface area (Å²) in [6, 6.07) is 11.6. The van der Waals surface area contributed by atoms with Crippen molar-refractivity contribution < 1.29 is 14.0 Å². The maximum absolute atomic E-state index is 13.1. The number of nitrogens with one attached hydrogen (secondary N) is 1. The molecule has 0 aromatic heterocycles. The van der Waals surface area contributed by atoms with E-state index in [1.165, 1.54) is 18.2 Å². The Morgan fingerprint density at radius 1 is 1.19 bits per heavy atom. The molecule has 0 radical (unpaired) electrons. The van der Waals surface area contributed by atoms with Crippen molar-refractivity contribution in [1.82, 2.24) is 15.1 Å². The van der Waals surface area contributed by atoms with Crippen molar-refractivity contribution >= 4 is 29.5 Å². The highest BCUT2D eigenvalue weighted by molar-refractivity contribution is 6.31. The van der Waals surface area contributed by atoms with Gasteiger partial charge in [-0.25, -0.2) is 4.39 Å². The third-order valence-corrected chi connectivity index (χ3v) is 5.63. The van der Waals surface area contributed by atoms with Gasteiger partial charge in [-0.05, 0) is 62.2 Å². The zero-order valence-electron chi connectivity index (χ0n) is 18.6. The van der Waals surface area contributed by atoms with Crippen LogP contribution in [0.3, 0.4) is 0 Å². The van der Waals surface area contributed by atoms with E-state index in [0.717, 1.165) is 25.2 Å². The van der Waals surface area contributed by atoms with Gasteiger partial charge in [0.1, 0.15) is 5.82 Å². The van der Waals surface area contributed by atoms with Gasteiger partial charge in [0.15, 0.2) is 0 Å². The van der Waals surface area contributed by atoms with Crippen LogP contribution in [0.5, 0.6) is 0 Å². The van der Waals surface area contributed by atoms with Crippen molar-refractivity contribution in [3.05, 3.63) is 76.1 Å². The molecule has 2 aromatic carbocycles. The maximum atomic E-state index is 13.1. The number of amides is 2. The molecular formula is C25H29ClFN3O2. The summed E-state index contributed by atoms with van der Waals surface area (Å²) in [6.07, 6.45) is 3.19. The Balaban J connectivity index is 1.64. The molecule has 5 nitrogen and oxygen atoms in total. The molecule has 1 heterocycles. The predicted octanol–water partition coefficient (Wildman–Crippen LogP) is 4.36. The monoisotopic (exact) mass is 457 g/mol. The fourth-order valence-electron chi connectivity index (χ4n) is 3.82. The van der Waals surface area contributed by atoms with Crippen LogP contribution in [-0.2, 0) is 11.3 Å². The third kappa shape index (κ3) is 6.40. The molecule has 1 aliphatic rings. The first kappa shape index (κ1) is 24.0. The van der Waals surface area contributed by atoms with E-state index in [-0.39, 0.29) is 29.7 Å². The summed E-state index contributed by atoms with van der Waals surface area (Å²) < 4.78 is 13.1. The second-order valence-electron chi connectivity index (χ2n) is 8.44. The summed E-state index contributed by atoms with van der Waals surface area (Å²) in [5.41, 5.74) is 2.13. The van der Waals surface area contributed by atoms with Gasteiger partial charge in [0.2, 0.25) is 5.91 Å². The molecule has 1 atom stereocenters. The van der Waals surface area contributed by atoms with Crippen LogP contribution in [0.1, 0.15) is 42.3 Å². The highest BCUT2D eigenvalue weighted by Gasteiger charge is 2.26. The number of benzene rings is 2. The van der Waals surface area contributed by atoms with Crippen LogP contribution >= 0.6 is 11.6 Å². The quantitative estimate of drug-likeness (QED) is 0.655. The molecule has 2 amide bonds. The van der Waals surface area contributed by atoms with Gasteiger partial charge in [0.25, 0.3) is 5.91 Å². The molecule has 1 saturated heterocycles. The van der Waals surface area contributed by atoms with Crippen molar-refractivity contribution in [2.75, 3.05) is 19.6 Å². The first-order valence-corrected chi connectivity index (χ1v) is 11.2. The summed E-state index contributed by atoms with van der Waals surface area (Å²) in [6.45, 7) is 8.60. The lowest BCUT2D eigenvalue weighted by Crippen LogP contribution is -2.53. The highest BCUT2D eigenvalue weighted by Crippen LogP contribution is 2.19. The third-order valence-electron chi connectivity index (χ3n) is 5.40. The van der Waals surface area contributed by atoms with Gasteiger partial charge in [-0.15, -0.1) is 0 Å². The summed E-state index contributed by atoms with van der Waals surface area (Å²) in [4.78, 5) is 29.5. The molecule has 2 aromatic rings. The van der Waals surface area contributed by atoms with Crippen LogP contribution < -0.4 is 5.32 Å². The predicted molar refractivity (Wildman–Crippen MR) is 126 cm³/mol. The van der Waals surface area contributed by atoms with Crippen molar-refractivity contribution in [3.63, 3.8) is 0 Å². The molecule has 170 valence electrons. The Morgan fingerprint density at radius 3 is 2.56 bits per heavy atom. The van der Waals surface area contributed by atoms with Crippen molar-refractivity contribution in [2.24, 2.45) is 0 Å². The van der Waals surface area contributed by atoms with Crippen LogP contribution in [-0.4, -0.2) is 53.3 Å². The number of nitrogens with zero attached hydrogens (tertiary/aromatic N) is 2. The van der Waals surface area contributed by atoms with E-state index in [9.17, 15) is 14.0 Å². The van der Waals surface area contributed by atoms with E-state index < -0.39 is 0 Å². The molecule has 1 aliphatic heterocycles. The van der Waals surface area contributed by atoms with Crippen LogP contribution in [0.25, 0.3) is 6.08 Å². The minimum Gasteiger partial charge on any atom is -0.350 e. The zero-order valence-corrected chi connectivity index (χ0v) is 19.4. The maximum Gasteiger partial charge on any atom is 0.252 e. The lowest BCUT2D eigenvalue weighted by molar-refractivity contribution is -0.130. The molecule has 7 heteroatoms. The van der Waals surface area contributed by atoms with Crippen molar-refractivity contribution in [1.29, 1.82) is 0 Å². The molecule has 1 N–H and O–H groups in total. The molecule has 1 unspecified atom stereocenters. The number of hydrogen-bond acceptors (Lipinski definition) is 3. The fraction of sp³-hybridized carbons (Fsp3) is 0.360. The first-order chi connectivity index (χ1) is 15.2. The zero-order chi connectivity index (χ0) is 23.3. The van der Waals surface area contributed by atoms with Gasteiger partial charge in [-0.2, -0.15) is 0 Å². The Bertz CT molecular complexity index is 991. The SMILES string of the molecule is CC(C)NC(=O)c1cc(Cl)ccc1/C=C/C(=O)N1CCN(Cc2ccc(F)cc2)CC1C. The van der Waals surface area contributed by atoms with Crippen molar-refractivity contribution in [2.45, 2.75) is 39.4 Å². The van der Waals surface area contributed by atoms with Crippen molar-refractivity contribution in [3.8, 4) is 0 Å². The van der Waals surface area contributed by atoms with E-state index in [4.69, 9.17) is 11.6 Å². The van der Waals surface area contributed by atoms with Gasteiger partial charge in [0, 0.05) is 54.9 Å². The number of carbonyl (C=O) groups excluding carboxylic acids is 2. The van der Waals surface area contributed by atoms with Gasteiger partial charge in [0.05, 0.1) is 0 Å². The largest absolute Gasteiger partial charge is 0.350 e. The molecular weight excluding hydrogens is 429 g/mol. The van der Waals surface area contributed by atoms with E-state index in [2.05, 4.69) is 10.2 Å². The lowest BCUT2D eigenvalue weighted by Gasteiger charge is -2.39. The minimum absolute atomic E-state index is 0.00741. The van der Waals surface area contributed by atoms with Crippen LogP contribution in [0, 0.1) is 5.82 Å². The molecule has 0 bridgehead atoms. The number of hydrogen-bond donors (Lipinski definition) is 1. The number of piperazine rings is 1. The normalized spacial score (nSPS) is 17.2. The van der Waals surface area contributed by atoms with Crippen LogP contribution in [0.4, 0.5) is 4.39 Å². The average Bonchev–Trinajstić information content (AvgIpc) is 2.74. The molecule has 3 rings (SSSR count). The van der Waals surface area contributed by atoms with Crippen LogP contribution in [0.15, 0.2) is 48.5 Å². The molecule has 1 fully saturated rings. The Kier molecular flexibility index (Phi) is 8.04. The molecule has 0 spiro atoms. The topological polar surface area (TPSA) is 52.7 Å². The number of halogens is 2. The number of rotatable bonds is 6. The minimum atomic E-state index is -0.241. The van der Waals surface area contributed by atoms with E-state index >= 15 is 0 Å². The standard InChI is InChI=1S/C25H29ClFN3O2/c1-17(2)28-25(32)23-14-21(26)8-6-20(23)7-11-24(31)30-13-12-29(15-18(30)3)16-19-4-9-22(27)10-5-19/h4-11,14,17-18H,12-13,15-16H2,1-3H3,(H,28,32)/b11-7+. The van der Waals surface area contributed by atoms with E-state index in [1.54, 1.807) is 36.4 Å². The fourth-order valence-corrected chi connectivity index (χ4v) is 3.99. The van der Waals surface area contributed by atoms with Gasteiger partial charge in [-0.1, -0.05) is 29.8 Å². The van der Waals surface area contributed by atoms with Gasteiger partial charge < -0.3 is 10.2 Å². The number of carbonyl (C=O) groups is 2. The molecule has 32 heavy (non-hydrogen) atoms. The Hall–Kier alpha value is -2.70. The Morgan fingerprint density at radius 2 is 1.91 bits per heavy atom. The lowest BCUT2D eigenvalue weighted by atomic mass is 10.1. The summed E-state index contributed by atoms with van der Waals surface area (Å²) in [7, 11) is 0. The summed E-state index contributed by atoms with van der Waals surface area (Å²) in [5, 5.41) is 3.33. The second kappa shape index (κ2) is 10.7. The summed E-state index contributed by atoms with van der Waals surface area (Å²) in [5.74, 6) is -0.559. The summed E-state index contributed by atoms with van der Waals surface area (Å²) >= 11 is 6.08. The van der Waals surface area contributed by atoms with E-state index in [1.807, 2.05) is 25.7 Å². The molecule has 0 saturated carbocycles. The van der Waals surface area contributed by atoms with Crippen LogP contribution in [0.2, 0.25) is 5.02 Å². The first-order valence-electron chi connectivity index (χ1n) is 10.8. The second-order valence-corrected chi connectivity index (χ2v) is 8.87. The smallest absolute Gasteiger partial charge is 0.252 e.